The van der Waals surface area contributed by atoms with E-state index in [1.165, 1.54) is 36.4 Å². The van der Waals surface area contributed by atoms with Gasteiger partial charge in [-0.3, -0.25) is 9.59 Å². The van der Waals surface area contributed by atoms with E-state index < -0.39 is 17.6 Å². The number of ether oxygens (including phenoxy) is 1. The van der Waals surface area contributed by atoms with Crippen molar-refractivity contribution in [2.75, 3.05) is 10.6 Å². The van der Waals surface area contributed by atoms with Gasteiger partial charge in [-0.25, -0.2) is 0 Å². The van der Waals surface area contributed by atoms with E-state index in [-0.39, 0.29) is 23.3 Å². The highest BCUT2D eigenvalue weighted by atomic mass is 19.4. The molecule has 0 aromatic heterocycles. The Morgan fingerprint density at radius 3 is 1.84 bits per heavy atom. The average molecular weight is 442 g/mol. The van der Waals surface area contributed by atoms with Crippen LogP contribution in [-0.2, 0) is 6.18 Å². The van der Waals surface area contributed by atoms with E-state index in [4.69, 9.17) is 4.74 Å². The van der Waals surface area contributed by atoms with Crippen LogP contribution in [0, 0.1) is 0 Å². The Morgan fingerprint density at radius 2 is 1.31 bits per heavy atom. The van der Waals surface area contributed by atoms with Gasteiger partial charge in [-0.1, -0.05) is 6.07 Å². The summed E-state index contributed by atoms with van der Waals surface area (Å²) in [4.78, 5) is 24.7. The molecule has 0 radical (unpaired) electrons. The first kappa shape index (κ1) is 22.9. The number of hydrogen-bond donors (Lipinski definition) is 2. The highest BCUT2D eigenvalue weighted by Gasteiger charge is 2.30. The van der Waals surface area contributed by atoms with Gasteiger partial charge in [-0.2, -0.15) is 13.2 Å². The minimum absolute atomic E-state index is 0.0268. The second-order valence-electron chi connectivity index (χ2n) is 7.26. The minimum atomic E-state index is -4.50. The zero-order valence-electron chi connectivity index (χ0n) is 17.4. The Morgan fingerprint density at radius 1 is 0.781 bits per heavy atom. The maximum absolute atomic E-state index is 12.8. The maximum Gasteiger partial charge on any atom is 0.416 e. The first-order valence-corrected chi connectivity index (χ1v) is 9.78. The quantitative estimate of drug-likeness (QED) is 0.492. The molecule has 0 saturated carbocycles. The monoisotopic (exact) mass is 442 g/mol. The first-order chi connectivity index (χ1) is 15.1. The van der Waals surface area contributed by atoms with Gasteiger partial charge in [0.05, 0.1) is 11.7 Å². The Bertz CT molecular complexity index is 1090. The number of anilines is 2. The normalized spacial score (nSPS) is 11.2. The fraction of sp³-hybridized carbons (Fsp3) is 0.167. The third kappa shape index (κ3) is 6.10. The van der Waals surface area contributed by atoms with E-state index in [1.54, 1.807) is 24.3 Å². The van der Waals surface area contributed by atoms with E-state index in [0.29, 0.717) is 17.0 Å². The van der Waals surface area contributed by atoms with Crippen LogP contribution < -0.4 is 15.4 Å². The molecule has 3 aromatic rings. The van der Waals surface area contributed by atoms with Crippen molar-refractivity contribution in [2.24, 2.45) is 0 Å². The summed E-state index contributed by atoms with van der Waals surface area (Å²) in [5, 5.41) is 5.16. The number of nitrogens with one attached hydrogen (secondary N) is 2. The fourth-order valence-corrected chi connectivity index (χ4v) is 2.84. The number of alkyl halides is 3. The summed E-state index contributed by atoms with van der Waals surface area (Å²) >= 11 is 0. The fourth-order valence-electron chi connectivity index (χ4n) is 2.84. The second kappa shape index (κ2) is 9.55. The Kier molecular flexibility index (Phi) is 6.82. The number of amides is 2. The zero-order valence-corrected chi connectivity index (χ0v) is 17.4. The summed E-state index contributed by atoms with van der Waals surface area (Å²) in [7, 11) is 0. The van der Waals surface area contributed by atoms with Crippen LogP contribution in [0.25, 0.3) is 0 Å². The lowest BCUT2D eigenvalue weighted by atomic mass is 10.1. The Hall–Kier alpha value is -3.81. The largest absolute Gasteiger partial charge is 0.491 e. The summed E-state index contributed by atoms with van der Waals surface area (Å²) in [6.07, 6.45) is -4.47. The van der Waals surface area contributed by atoms with Crippen molar-refractivity contribution in [1.82, 2.24) is 0 Å². The number of rotatable bonds is 6. The topological polar surface area (TPSA) is 67.4 Å². The van der Waals surface area contributed by atoms with Gasteiger partial charge in [-0.05, 0) is 80.6 Å². The average Bonchev–Trinajstić information content (AvgIpc) is 2.74. The molecule has 32 heavy (non-hydrogen) atoms. The molecular weight excluding hydrogens is 421 g/mol. The summed E-state index contributed by atoms with van der Waals surface area (Å²) in [6.45, 7) is 3.81. The van der Waals surface area contributed by atoms with E-state index in [9.17, 15) is 22.8 Å². The molecule has 2 N–H and O–H groups in total. The summed E-state index contributed by atoms with van der Waals surface area (Å²) in [6, 6.07) is 17.1. The lowest BCUT2D eigenvalue weighted by Gasteiger charge is -2.11. The van der Waals surface area contributed by atoms with Crippen LogP contribution in [-0.4, -0.2) is 17.9 Å². The maximum atomic E-state index is 12.8. The van der Waals surface area contributed by atoms with Crippen molar-refractivity contribution in [1.29, 1.82) is 0 Å². The highest BCUT2D eigenvalue weighted by molar-refractivity contribution is 6.06. The molecule has 5 nitrogen and oxygen atoms in total. The van der Waals surface area contributed by atoms with Gasteiger partial charge in [0.1, 0.15) is 5.75 Å². The molecule has 0 spiro atoms. The van der Waals surface area contributed by atoms with Gasteiger partial charge >= 0.3 is 6.18 Å². The zero-order chi connectivity index (χ0) is 23.3. The Labute approximate surface area is 183 Å². The molecule has 166 valence electrons. The standard InChI is InChI=1S/C24H21F3N2O3/c1-15(2)32-21-12-8-17(9-13-21)22(30)28-19-10-6-16(7-11-19)23(31)29-20-5-3-4-18(14-20)24(25,26)27/h3-15H,1-2H3,(H,28,30)(H,29,31). The predicted octanol–water partition coefficient (Wildman–Crippen LogP) is 6.00. The number of halogens is 3. The third-order valence-corrected chi connectivity index (χ3v) is 4.34. The minimum Gasteiger partial charge on any atom is -0.491 e. The smallest absolute Gasteiger partial charge is 0.416 e. The molecule has 0 heterocycles. The molecule has 0 aliphatic carbocycles. The van der Waals surface area contributed by atoms with Crippen molar-refractivity contribution in [3.63, 3.8) is 0 Å². The van der Waals surface area contributed by atoms with Crippen LogP contribution >= 0.6 is 0 Å². The molecule has 3 aromatic carbocycles. The van der Waals surface area contributed by atoms with Crippen LogP contribution in [0.2, 0.25) is 0 Å². The molecule has 0 unspecified atom stereocenters. The van der Waals surface area contributed by atoms with Gasteiger partial charge in [-0.15, -0.1) is 0 Å². The number of benzene rings is 3. The number of hydrogen-bond acceptors (Lipinski definition) is 3. The summed E-state index contributed by atoms with van der Waals surface area (Å²) < 4.78 is 44.0. The molecule has 0 fully saturated rings. The summed E-state index contributed by atoms with van der Waals surface area (Å²) in [5.41, 5.74) is 0.320. The third-order valence-electron chi connectivity index (χ3n) is 4.34. The molecule has 0 aliphatic heterocycles. The molecule has 8 heteroatoms. The molecule has 0 aliphatic rings. The van der Waals surface area contributed by atoms with Crippen LogP contribution in [0.5, 0.6) is 5.75 Å². The van der Waals surface area contributed by atoms with Gasteiger partial charge in [0.2, 0.25) is 0 Å². The SMILES string of the molecule is CC(C)Oc1ccc(C(=O)Nc2ccc(C(=O)Nc3cccc(C(F)(F)F)c3)cc2)cc1. The predicted molar refractivity (Wildman–Crippen MR) is 116 cm³/mol. The van der Waals surface area contributed by atoms with E-state index in [2.05, 4.69) is 10.6 Å². The highest BCUT2D eigenvalue weighted by Crippen LogP contribution is 2.30. The van der Waals surface area contributed by atoms with Crippen LogP contribution in [0.1, 0.15) is 40.1 Å². The molecule has 2 amide bonds. The lowest BCUT2D eigenvalue weighted by Crippen LogP contribution is -2.14. The van der Waals surface area contributed by atoms with Gasteiger partial charge in [0, 0.05) is 22.5 Å². The van der Waals surface area contributed by atoms with Gasteiger partial charge in [0.15, 0.2) is 0 Å². The van der Waals surface area contributed by atoms with E-state index in [1.807, 2.05) is 13.8 Å². The van der Waals surface area contributed by atoms with Crippen LogP contribution in [0.3, 0.4) is 0 Å². The second-order valence-corrected chi connectivity index (χ2v) is 7.26. The van der Waals surface area contributed by atoms with Crippen molar-refractivity contribution in [3.05, 3.63) is 89.5 Å². The van der Waals surface area contributed by atoms with Crippen molar-refractivity contribution >= 4 is 23.2 Å². The molecule has 0 bridgehead atoms. The summed E-state index contributed by atoms with van der Waals surface area (Å²) in [5.74, 6) is -0.238. The lowest BCUT2D eigenvalue weighted by molar-refractivity contribution is -0.137. The van der Waals surface area contributed by atoms with E-state index in [0.717, 1.165) is 12.1 Å². The van der Waals surface area contributed by atoms with Crippen molar-refractivity contribution < 1.29 is 27.5 Å². The van der Waals surface area contributed by atoms with E-state index >= 15 is 0 Å². The van der Waals surface area contributed by atoms with Crippen LogP contribution in [0.4, 0.5) is 24.5 Å². The van der Waals surface area contributed by atoms with Gasteiger partial charge in [0.25, 0.3) is 11.8 Å². The molecule has 0 saturated heterocycles. The number of carbonyl (C=O) groups excluding carboxylic acids is 2. The first-order valence-electron chi connectivity index (χ1n) is 9.78. The van der Waals surface area contributed by atoms with Gasteiger partial charge < -0.3 is 15.4 Å². The molecular formula is C24H21F3N2O3. The molecule has 0 atom stereocenters. The van der Waals surface area contributed by atoms with Crippen molar-refractivity contribution in [3.8, 4) is 5.75 Å². The molecule has 3 rings (SSSR count). The van der Waals surface area contributed by atoms with Crippen molar-refractivity contribution in [2.45, 2.75) is 26.1 Å². The Balaban J connectivity index is 1.62. The van der Waals surface area contributed by atoms with Crippen LogP contribution in [0.15, 0.2) is 72.8 Å². The number of carbonyl (C=O) groups is 2.